The molecule has 0 saturated heterocycles. The summed E-state index contributed by atoms with van der Waals surface area (Å²) in [7, 11) is 1.49. The fourth-order valence-electron chi connectivity index (χ4n) is 3.55. The number of aromatic nitrogens is 3. The number of alkyl halides is 2. The number of hydrogen-bond acceptors (Lipinski definition) is 6. The third-order valence-corrected chi connectivity index (χ3v) is 5.11. The number of nitrogens with zero attached hydrogens (tertiary/aromatic N) is 3. The van der Waals surface area contributed by atoms with Crippen LogP contribution in [-0.4, -0.2) is 34.4 Å². The first-order chi connectivity index (χ1) is 15.4. The summed E-state index contributed by atoms with van der Waals surface area (Å²) < 4.78 is 37.6. The van der Waals surface area contributed by atoms with Crippen molar-refractivity contribution in [3.8, 4) is 11.5 Å². The SMILES string of the molecule is COc1ccccc1NC(=O)C1=C(C)Nc2ncnn2[C@@H]1c1cc(Cl)ccc1OC(F)F. The van der Waals surface area contributed by atoms with E-state index in [1.54, 1.807) is 31.2 Å². The molecule has 32 heavy (non-hydrogen) atoms. The van der Waals surface area contributed by atoms with Gasteiger partial charge < -0.3 is 20.1 Å². The lowest BCUT2D eigenvalue weighted by Crippen LogP contribution is -2.32. The van der Waals surface area contributed by atoms with E-state index < -0.39 is 18.6 Å². The summed E-state index contributed by atoms with van der Waals surface area (Å²) in [4.78, 5) is 17.6. The summed E-state index contributed by atoms with van der Waals surface area (Å²) in [6.45, 7) is -1.39. The quantitative estimate of drug-likeness (QED) is 0.563. The third-order valence-electron chi connectivity index (χ3n) is 4.88. The third kappa shape index (κ3) is 4.09. The Morgan fingerprint density at radius 2 is 2.03 bits per heavy atom. The van der Waals surface area contributed by atoms with Crippen molar-refractivity contribution in [2.24, 2.45) is 0 Å². The van der Waals surface area contributed by atoms with Gasteiger partial charge in [0.2, 0.25) is 5.95 Å². The molecule has 0 spiro atoms. The normalized spacial score (nSPS) is 15.2. The smallest absolute Gasteiger partial charge is 0.387 e. The van der Waals surface area contributed by atoms with E-state index in [0.717, 1.165) is 0 Å². The molecule has 166 valence electrons. The van der Waals surface area contributed by atoms with Crippen molar-refractivity contribution in [1.82, 2.24) is 14.8 Å². The molecule has 1 amide bonds. The maximum atomic E-state index is 13.4. The molecule has 1 atom stereocenters. The van der Waals surface area contributed by atoms with Crippen molar-refractivity contribution in [2.75, 3.05) is 17.7 Å². The molecule has 4 rings (SSSR count). The summed E-state index contributed by atoms with van der Waals surface area (Å²) in [5, 5.41) is 10.3. The second-order valence-corrected chi connectivity index (χ2v) is 7.25. The van der Waals surface area contributed by atoms with Crippen molar-refractivity contribution >= 4 is 29.1 Å². The summed E-state index contributed by atoms with van der Waals surface area (Å²) >= 11 is 6.17. The lowest BCUT2D eigenvalue weighted by atomic mass is 9.94. The van der Waals surface area contributed by atoms with Crippen LogP contribution in [0.1, 0.15) is 18.5 Å². The number of hydrogen-bond donors (Lipinski definition) is 2. The lowest BCUT2D eigenvalue weighted by Gasteiger charge is -2.30. The number of carbonyl (C=O) groups excluding carboxylic acids is 1. The Hall–Kier alpha value is -3.66. The highest BCUT2D eigenvalue weighted by molar-refractivity contribution is 6.30. The van der Waals surface area contributed by atoms with E-state index in [1.165, 1.54) is 36.3 Å². The Labute approximate surface area is 186 Å². The summed E-state index contributed by atoms with van der Waals surface area (Å²) in [5.41, 5.74) is 1.36. The molecule has 8 nitrogen and oxygen atoms in total. The number of methoxy groups -OCH3 is 1. The molecule has 1 aliphatic heterocycles. The van der Waals surface area contributed by atoms with Crippen LogP contribution in [0.25, 0.3) is 0 Å². The first kappa shape index (κ1) is 21.6. The van der Waals surface area contributed by atoms with Crippen molar-refractivity contribution in [3.05, 3.63) is 70.6 Å². The maximum absolute atomic E-state index is 13.4. The largest absolute Gasteiger partial charge is 0.495 e. The Bertz CT molecular complexity index is 1200. The van der Waals surface area contributed by atoms with Crippen LogP contribution in [0.3, 0.4) is 0 Å². The van der Waals surface area contributed by atoms with Gasteiger partial charge in [0.05, 0.1) is 18.4 Å². The first-order valence-electron chi connectivity index (χ1n) is 9.45. The highest BCUT2D eigenvalue weighted by Crippen LogP contribution is 2.41. The summed E-state index contributed by atoms with van der Waals surface area (Å²) in [6, 6.07) is 10.2. The number of anilines is 2. The predicted molar refractivity (Wildman–Crippen MR) is 114 cm³/mol. The van der Waals surface area contributed by atoms with Gasteiger partial charge in [-0.25, -0.2) is 4.68 Å². The van der Waals surface area contributed by atoms with Gasteiger partial charge in [-0.05, 0) is 37.3 Å². The molecule has 0 saturated carbocycles. The van der Waals surface area contributed by atoms with E-state index in [9.17, 15) is 13.6 Å². The van der Waals surface area contributed by atoms with E-state index in [4.69, 9.17) is 21.1 Å². The summed E-state index contributed by atoms with van der Waals surface area (Å²) in [5.74, 6) is 0.177. The number of ether oxygens (including phenoxy) is 2. The fraction of sp³-hybridized carbons (Fsp3) is 0.190. The number of para-hydroxylation sites is 2. The van der Waals surface area contributed by atoms with Gasteiger partial charge in [-0.3, -0.25) is 4.79 Å². The van der Waals surface area contributed by atoms with Crippen LogP contribution < -0.4 is 20.1 Å². The molecule has 2 heterocycles. The van der Waals surface area contributed by atoms with Crippen molar-refractivity contribution < 1.29 is 23.0 Å². The molecule has 1 aliphatic rings. The highest BCUT2D eigenvalue weighted by Gasteiger charge is 2.36. The van der Waals surface area contributed by atoms with E-state index in [0.29, 0.717) is 23.1 Å². The standard InChI is InChI=1S/C21H18ClF2N5O3/c1-11-17(19(30)28-14-5-3-4-6-16(14)31-2)18(29-21(27-11)25-10-26-29)13-9-12(22)7-8-15(13)32-20(23)24/h3-10,18,20H,1-2H3,(H,28,30)(H,25,26,27)/t18-/m1/s1. The van der Waals surface area contributed by atoms with Crippen molar-refractivity contribution in [2.45, 2.75) is 19.6 Å². The second kappa shape index (κ2) is 8.83. The zero-order valence-corrected chi connectivity index (χ0v) is 17.7. The van der Waals surface area contributed by atoms with E-state index in [2.05, 4.69) is 20.7 Å². The average molecular weight is 462 g/mol. The molecule has 11 heteroatoms. The number of allylic oxidation sites excluding steroid dienone is 1. The minimum atomic E-state index is -3.07. The Balaban J connectivity index is 1.83. The zero-order valence-electron chi connectivity index (χ0n) is 17.0. The first-order valence-corrected chi connectivity index (χ1v) is 9.82. The molecule has 0 fully saturated rings. The number of amides is 1. The number of halogens is 3. The van der Waals surface area contributed by atoms with Crippen LogP contribution in [0, 0.1) is 0 Å². The maximum Gasteiger partial charge on any atom is 0.387 e. The number of rotatable bonds is 6. The van der Waals surface area contributed by atoms with E-state index >= 15 is 0 Å². The van der Waals surface area contributed by atoms with Gasteiger partial charge in [0.1, 0.15) is 23.9 Å². The molecule has 2 aromatic carbocycles. The van der Waals surface area contributed by atoms with Gasteiger partial charge in [0.15, 0.2) is 0 Å². The van der Waals surface area contributed by atoms with E-state index in [1.807, 2.05) is 0 Å². The Morgan fingerprint density at radius 1 is 1.25 bits per heavy atom. The van der Waals surface area contributed by atoms with Crippen LogP contribution in [0.15, 0.2) is 60.1 Å². The Kier molecular flexibility index (Phi) is 5.95. The van der Waals surface area contributed by atoms with Crippen molar-refractivity contribution in [3.63, 3.8) is 0 Å². The van der Waals surface area contributed by atoms with Gasteiger partial charge in [-0.2, -0.15) is 18.9 Å². The Morgan fingerprint density at radius 3 is 2.78 bits per heavy atom. The zero-order chi connectivity index (χ0) is 22.8. The second-order valence-electron chi connectivity index (χ2n) is 6.81. The molecular formula is C21H18ClF2N5O3. The van der Waals surface area contributed by atoms with Crippen LogP contribution in [0.5, 0.6) is 11.5 Å². The molecule has 3 aromatic rings. The highest BCUT2D eigenvalue weighted by atomic mass is 35.5. The van der Waals surface area contributed by atoms with Gasteiger partial charge in [0, 0.05) is 16.3 Å². The number of carbonyl (C=O) groups is 1. The molecule has 0 aliphatic carbocycles. The average Bonchev–Trinajstić information content (AvgIpc) is 3.22. The van der Waals surface area contributed by atoms with Gasteiger partial charge in [-0.15, -0.1) is 0 Å². The van der Waals surface area contributed by atoms with Crippen LogP contribution in [0.4, 0.5) is 20.4 Å². The predicted octanol–water partition coefficient (Wildman–Crippen LogP) is 4.47. The molecule has 0 bridgehead atoms. The summed E-state index contributed by atoms with van der Waals surface area (Å²) in [6.07, 6.45) is 1.29. The lowest BCUT2D eigenvalue weighted by molar-refractivity contribution is -0.113. The molecule has 2 N–H and O–H groups in total. The number of benzene rings is 2. The molecule has 0 radical (unpaired) electrons. The fourth-order valence-corrected chi connectivity index (χ4v) is 3.73. The van der Waals surface area contributed by atoms with Gasteiger partial charge in [-0.1, -0.05) is 23.7 Å². The van der Waals surface area contributed by atoms with E-state index in [-0.39, 0.29) is 21.9 Å². The van der Waals surface area contributed by atoms with Crippen LogP contribution in [0.2, 0.25) is 5.02 Å². The van der Waals surface area contributed by atoms with Crippen LogP contribution >= 0.6 is 11.6 Å². The molecular weight excluding hydrogens is 444 g/mol. The van der Waals surface area contributed by atoms with Gasteiger partial charge >= 0.3 is 6.61 Å². The molecule has 0 unspecified atom stereocenters. The minimum absolute atomic E-state index is 0.131. The topological polar surface area (TPSA) is 90.3 Å². The minimum Gasteiger partial charge on any atom is -0.495 e. The number of nitrogens with one attached hydrogen (secondary N) is 2. The number of fused-ring (bicyclic) bond motifs is 1. The monoisotopic (exact) mass is 461 g/mol. The molecule has 1 aromatic heterocycles. The van der Waals surface area contributed by atoms with Crippen molar-refractivity contribution in [1.29, 1.82) is 0 Å². The van der Waals surface area contributed by atoms with Gasteiger partial charge in [0.25, 0.3) is 5.91 Å². The van der Waals surface area contributed by atoms with Crippen LogP contribution in [-0.2, 0) is 4.79 Å².